The predicted octanol–water partition coefficient (Wildman–Crippen LogP) is 0.565. The predicted molar refractivity (Wildman–Crippen MR) is 56.5 cm³/mol. The van der Waals surface area contributed by atoms with E-state index >= 15 is 0 Å². The van der Waals surface area contributed by atoms with Gasteiger partial charge in [0.2, 0.25) is 0 Å². The molecule has 0 saturated heterocycles. The molecule has 0 aliphatic carbocycles. The smallest absolute Gasteiger partial charge is 0.349 e. The van der Waals surface area contributed by atoms with Gasteiger partial charge >= 0.3 is 8.56 Å². The van der Waals surface area contributed by atoms with Gasteiger partial charge in [0.1, 0.15) is 0 Å². The van der Waals surface area contributed by atoms with Crippen molar-refractivity contribution in [2.24, 2.45) is 5.73 Å². The van der Waals surface area contributed by atoms with Gasteiger partial charge in [0, 0.05) is 19.4 Å². The summed E-state index contributed by atoms with van der Waals surface area (Å²) in [5, 5.41) is 3.15. The van der Waals surface area contributed by atoms with Crippen LogP contribution in [0.1, 0.15) is 20.8 Å². The summed E-state index contributed by atoms with van der Waals surface area (Å²) in [6.45, 7) is 9.32. The normalized spacial score (nSPS) is 14.5. The highest BCUT2D eigenvalue weighted by Gasteiger charge is 2.30. The van der Waals surface area contributed by atoms with E-state index in [1.807, 2.05) is 20.8 Å². The second kappa shape index (κ2) is 6.50. The van der Waals surface area contributed by atoms with Gasteiger partial charge in [0.05, 0.1) is 6.17 Å². The van der Waals surface area contributed by atoms with Crippen LogP contribution in [0, 0.1) is 0 Å². The number of hydrogen-bond acceptors (Lipinski definition) is 4. The highest BCUT2D eigenvalue weighted by atomic mass is 28.4. The molecule has 5 heteroatoms. The first-order chi connectivity index (χ1) is 6.04. The maximum Gasteiger partial charge on any atom is 0.349 e. The lowest BCUT2D eigenvalue weighted by Gasteiger charge is -2.27. The molecule has 0 aliphatic heterocycles. The van der Waals surface area contributed by atoms with Crippen molar-refractivity contribution in [3.8, 4) is 0 Å². The summed E-state index contributed by atoms with van der Waals surface area (Å²) in [4.78, 5) is 0. The third-order valence-corrected chi connectivity index (χ3v) is 4.29. The zero-order valence-electron chi connectivity index (χ0n) is 9.09. The Morgan fingerprint density at radius 3 is 2.08 bits per heavy atom. The van der Waals surface area contributed by atoms with Crippen LogP contribution in [0.4, 0.5) is 0 Å². The summed E-state index contributed by atoms with van der Waals surface area (Å²) in [5.74, 6) is 0. The fourth-order valence-corrected chi connectivity index (χ4v) is 3.30. The second-order valence-corrected chi connectivity index (χ2v) is 6.37. The second-order valence-electron chi connectivity index (χ2n) is 3.17. The van der Waals surface area contributed by atoms with E-state index in [1.54, 1.807) is 0 Å². The van der Waals surface area contributed by atoms with Crippen molar-refractivity contribution in [2.45, 2.75) is 33.5 Å². The zero-order valence-corrected chi connectivity index (χ0v) is 10.1. The fraction of sp³-hybridized carbons (Fsp3) is 1.00. The molecule has 0 aliphatic rings. The Morgan fingerprint density at radius 1 is 1.31 bits per heavy atom. The Bertz CT molecular complexity index is 127. The summed E-state index contributed by atoms with van der Waals surface area (Å²) < 4.78 is 11.2. The standard InChI is InChI=1S/C8H22N2O2Si/c1-5-11-13(4,12-6-2)7-10-8(3)9/h8,10H,5-7,9H2,1-4H3. The molecule has 80 valence electrons. The van der Waals surface area contributed by atoms with E-state index in [2.05, 4.69) is 11.9 Å². The number of nitrogens with one attached hydrogen (secondary N) is 1. The topological polar surface area (TPSA) is 56.5 Å². The van der Waals surface area contributed by atoms with Crippen molar-refractivity contribution in [1.82, 2.24) is 5.32 Å². The van der Waals surface area contributed by atoms with Gasteiger partial charge in [-0.1, -0.05) is 0 Å². The molecule has 13 heavy (non-hydrogen) atoms. The molecule has 1 unspecified atom stereocenters. The minimum absolute atomic E-state index is 0.00672. The summed E-state index contributed by atoms with van der Waals surface area (Å²) >= 11 is 0. The zero-order chi connectivity index (χ0) is 10.3. The summed E-state index contributed by atoms with van der Waals surface area (Å²) in [7, 11) is -2.00. The fourth-order valence-electron chi connectivity index (χ4n) is 1.10. The SMILES string of the molecule is CCO[Si](C)(CNC(C)N)OCC. The minimum atomic E-state index is -2.00. The Kier molecular flexibility index (Phi) is 6.53. The van der Waals surface area contributed by atoms with E-state index in [0.717, 1.165) is 6.17 Å². The van der Waals surface area contributed by atoms with Gasteiger partial charge in [-0.05, 0) is 27.3 Å². The lowest BCUT2D eigenvalue weighted by atomic mass is 10.6. The lowest BCUT2D eigenvalue weighted by molar-refractivity contribution is 0.186. The van der Waals surface area contributed by atoms with Crippen LogP contribution >= 0.6 is 0 Å². The molecule has 0 aromatic carbocycles. The van der Waals surface area contributed by atoms with E-state index in [4.69, 9.17) is 14.6 Å². The Morgan fingerprint density at radius 2 is 1.77 bits per heavy atom. The van der Waals surface area contributed by atoms with Crippen LogP contribution < -0.4 is 11.1 Å². The third-order valence-electron chi connectivity index (χ3n) is 1.64. The van der Waals surface area contributed by atoms with Crippen molar-refractivity contribution < 1.29 is 8.85 Å². The molecule has 0 aromatic heterocycles. The lowest BCUT2D eigenvalue weighted by Crippen LogP contribution is -2.52. The van der Waals surface area contributed by atoms with Gasteiger partial charge in [-0.25, -0.2) is 0 Å². The first-order valence-electron chi connectivity index (χ1n) is 4.81. The van der Waals surface area contributed by atoms with Crippen LogP contribution in [-0.4, -0.2) is 34.1 Å². The summed E-state index contributed by atoms with van der Waals surface area (Å²) in [6, 6.07) is 0. The van der Waals surface area contributed by atoms with E-state index in [9.17, 15) is 0 Å². The molecule has 0 spiro atoms. The van der Waals surface area contributed by atoms with Gasteiger partial charge < -0.3 is 19.9 Å². The highest BCUT2D eigenvalue weighted by Crippen LogP contribution is 2.05. The van der Waals surface area contributed by atoms with Gasteiger partial charge in [0.15, 0.2) is 0 Å². The average Bonchev–Trinajstić information content (AvgIpc) is 2.02. The molecule has 0 heterocycles. The van der Waals surface area contributed by atoms with Crippen LogP contribution in [0.2, 0.25) is 6.55 Å². The maximum absolute atomic E-state index is 5.62. The Balaban J connectivity index is 3.91. The highest BCUT2D eigenvalue weighted by molar-refractivity contribution is 6.66. The van der Waals surface area contributed by atoms with Gasteiger partial charge in [-0.3, -0.25) is 0 Å². The van der Waals surface area contributed by atoms with Crippen LogP contribution in [0.15, 0.2) is 0 Å². The largest absolute Gasteiger partial charge is 0.394 e. The molecule has 3 N–H and O–H groups in total. The van der Waals surface area contributed by atoms with Crippen molar-refractivity contribution in [3.05, 3.63) is 0 Å². The summed E-state index contributed by atoms with van der Waals surface area (Å²) in [6.07, 6.45) is 0.736. The molecule has 0 bridgehead atoms. The Hall–Kier alpha value is 0.0569. The van der Waals surface area contributed by atoms with Crippen molar-refractivity contribution in [1.29, 1.82) is 0 Å². The van der Waals surface area contributed by atoms with Crippen molar-refractivity contribution >= 4 is 8.56 Å². The molecule has 0 rings (SSSR count). The van der Waals surface area contributed by atoms with Crippen LogP contribution in [-0.2, 0) is 8.85 Å². The molecule has 0 aromatic rings. The number of nitrogens with two attached hydrogens (primary N) is 1. The number of rotatable bonds is 7. The van der Waals surface area contributed by atoms with Crippen molar-refractivity contribution in [2.75, 3.05) is 19.4 Å². The quantitative estimate of drug-likeness (QED) is 0.472. The molecule has 0 radical (unpaired) electrons. The van der Waals surface area contributed by atoms with Gasteiger partial charge in [-0.2, -0.15) is 0 Å². The van der Waals surface area contributed by atoms with E-state index in [1.165, 1.54) is 0 Å². The first kappa shape index (κ1) is 13.1. The monoisotopic (exact) mass is 206 g/mol. The number of hydrogen-bond donors (Lipinski definition) is 2. The van der Waals surface area contributed by atoms with E-state index in [0.29, 0.717) is 13.2 Å². The summed E-state index contributed by atoms with van der Waals surface area (Å²) in [5.41, 5.74) is 5.59. The molecular formula is C8H22N2O2Si. The molecule has 1 atom stereocenters. The molecule has 0 amide bonds. The van der Waals surface area contributed by atoms with Crippen LogP contribution in [0.25, 0.3) is 0 Å². The first-order valence-corrected chi connectivity index (χ1v) is 7.33. The maximum atomic E-state index is 5.62. The van der Waals surface area contributed by atoms with E-state index < -0.39 is 8.56 Å². The molecule has 0 fully saturated rings. The third kappa shape index (κ3) is 6.17. The van der Waals surface area contributed by atoms with E-state index in [-0.39, 0.29) is 6.17 Å². The Labute approximate surface area is 82.0 Å². The van der Waals surface area contributed by atoms with Gasteiger partial charge in [-0.15, -0.1) is 0 Å². The molecule has 0 saturated carbocycles. The van der Waals surface area contributed by atoms with Crippen LogP contribution in [0.5, 0.6) is 0 Å². The molecule has 4 nitrogen and oxygen atoms in total. The average molecular weight is 206 g/mol. The van der Waals surface area contributed by atoms with Gasteiger partial charge in [0.25, 0.3) is 0 Å². The van der Waals surface area contributed by atoms with Crippen molar-refractivity contribution in [3.63, 3.8) is 0 Å². The minimum Gasteiger partial charge on any atom is -0.394 e. The van der Waals surface area contributed by atoms with Crippen LogP contribution in [0.3, 0.4) is 0 Å². The molecular weight excluding hydrogens is 184 g/mol.